The first-order valence-corrected chi connectivity index (χ1v) is 7.77. The number of hydrogen-bond donors (Lipinski definition) is 1. The molecule has 0 unspecified atom stereocenters. The summed E-state index contributed by atoms with van der Waals surface area (Å²) in [5.74, 6) is -0.984. The molecule has 1 aliphatic heterocycles. The van der Waals surface area contributed by atoms with E-state index in [1.54, 1.807) is 42.5 Å². The van der Waals surface area contributed by atoms with Gasteiger partial charge < -0.3 is 5.11 Å². The van der Waals surface area contributed by atoms with Crippen LogP contribution in [0.1, 0.15) is 20.7 Å². The van der Waals surface area contributed by atoms with E-state index >= 15 is 0 Å². The second-order valence-corrected chi connectivity index (χ2v) is 6.11. The van der Waals surface area contributed by atoms with Gasteiger partial charge in [-0.25, -0.2) is 4.90 Å². The number of carbonyl (C=O) groups excluding carboxylic acids is 2. The summed E-state index contributed by atoms with van der Waals surface area (Å²) in [7, 11) is 0. The number of amides is 2. The number of anilines is 1. The molecule has 0 atom stereocenters. The number of carbonyl (C=O) groups is 2. The van der Waals surface area contributed by atoms with Crippen molar-refractivity contribution in [3.63, 3.8) is 0 Å². The van der Waals surface area contributed by atoms with Crippen molar-refractivity contribution in [3.05, 3.63) is 70.2 Å². The van der Waals surface area contributed by atoms with Gasteiger partial charge in [0.2, 0.25) is 0 Å². The summed E-state index contributed by atoms with van der Waals surface area (Å²) in [5, 5.41) is 11.5. The highest BCUT2D eigenvalue weighted by molar-refractivity contribution is 9.10. The highest BCUT2D eigenvalue weighted by atomic mass is 79.9. The molecule has 0 radical (unpaired) electrons. The lowest BCUT2D eigenvalue weighted by Crippen LogP contribution is -2.40. The standard InChI is InChI=1S/C18H10BrNO3/c19-13-9-8-12-16-10(13)4-3-5-11(16)17(22)20(18(12)23)14-6-1-2-7-15(14)21/h1-9,21H. The number of phenolic OH excluding ortho intramolecular Hbond substituents is 1. The molecule has 0 bridgehead atoms. The summed E-state index contributed by atoms with van der Waals surface area (Å²) in [4.78, 5) is 26.7. The fourth-order valence-electron chi connectivity index (χ4n) is 2.93. The summed E-state index contributed by atoms with van der Waals surface area (Å²) in [6.07, 6.45) is 0. The minimum atomic E-state index is -0.437. The van der Waals surface area contributed by atoms with Gasteiger partial charge in [0.05, 0.1) is 5.69 Å². The Kier molecular flexibility index (Phi) is 2.99. The molecule has 3 aromatic rings. The van der Waals surface area contributed by atoms with Gasteiger partial charge in [0.15, 0.2) is 0 Å². The third kappa shape index (κ3) is 1.90. The minimum Gasteiger partial charge on any atom is -0.506 e. The molecule has 23 heavy (non-hydrogen) atoms. The fourth-order valence-corrected chi connectivity index (χ4v) is 3.40. The molecule has 4 rings (SSSR count). The van der Waals surface area contributed by atoms with Crippen LogP contribution in [0.5, 0.6) is 5.75 Å². The predicted molar refractivity (Wildman–Crippen MR) is 90.9 cm³/mol. The van der Waals surface area contributed by atoms with Crippen LogP contribution in [0.2, 0.25) is 0 Å². The second-order valence-electron chi connectivity index (χ2n) is 5.26. The van der Waals surface area contributed by atoms with Crippen molar-refractivity contribution in [2.45, 2.75) is 0 Å². The number of phenols is 1. The Hall–Kier alpha value is -2.66. The van der Waals surface area contributed by atoms with Gasteiger partial charge in [-0.15, -0.1) is 0 Å². The van der Waals surface area contributed by atoms with E-state index in [4.69, 9.17) is 0 Å². The third-order valence-corrected chi connectivity index (χ3v) is 4.67. The van der Waals surface area contributed by atoms with Crippen molar-refractivity contribution in [1.82, 2.24) is 0 Å². The van der Waals surface area contributed by atoms with Gasteiger partial charge in [0.1, 0.15) is 5.75 Å². The molecule has 4 nitrogen and oxygen atoms in total. The second kappa shape index (κ2) is 4.93. The van der Waals surface area contributed by atoms with Crippen LogP contribution in [0.4, 0.5) is 5.69 Å². The average molecular weight is 368 g/mol. The van der Waals surface area contributed by atoms with E-state index in [1.165, 1.54) is 6.07 Å². The van der Waals surface area contributed by atoms with Crippen LogP contribution in [0, 0.1) is 0 Å². The van der Waals surface area contributed by atoms with Crippen molar-refractivity contribution in [2.75, 3.05) is 4.90 Å². The SMILES string of the molecule is O=C1c2cccc3c(Br)ccc(c23)C(=O)N1c1ccccc1O. The molecular formula is C18H10BrNO3. The van der Waals surface area contributed by atoms with E-state index in [-0.39, 0.29) is 11.4 Å². The normalized spacial score (nSPS) is 13.7. The molecule has 0 aliphatic carbocycles. The molecule has 1 heterocycles. The minimum absolute atomic E-state index is 0.109. The number of halogens is 1. The van der Waals surface area contributed by atoms with Crippen LogP contribution >= 0.6 is 15.9 Å². The first-order valence-electron chi connectivity index (χ1n) is 6.97. The summed E-state index contributed by atoms with van der Waals surface area (Å²) in [6.45, 7) is 0. The lowest BCUT2D eigenvalue weighted by molar-refractivity contribution is 0.0892. The molecule has 0 saturated carbocycles. The maximum absolute atomic E-state index is 12.9. The first kappa shape index (κ1) is 14.0. The zero-order valence-corrected chi connectivity index (χ0v) is 13.4. The number of aromatic hydroxyl groups is 1. The van der Waals surface area contributed by atoms with Gasteiger partial charge in [-0.05, 0) is 35.7 Å². The fraction of sp³-hybridized carbons (Fsp3) is 0. The van der Waals surface area contributed by atoms with Crippen LogP contribution < -0.4 is 4.90 Å². The Balaban J connectivity index is 2.04. The van der Waals surface area contributed by atoms with Gasteiger partial charge in [0, 0.05) is 21.0 Å². The van der Waals surface area contributed by atoms with Gasteiger partial charge >= 0.3 is 0 Å². The zero-order valence-electron chi connectivity index (χ0n) is 11.8. The Bertz CT molecular complexity index is 974. The summed E-state index contributed by atoms with van der Waals surface area (Å²) in [5.41, 5.74) is 1.08. The number of hydrogen-bond acceptors (Lipinski definition) is 3. The number of rotatable bonds is 1. The Morgan fingerprint density at radius 2 is 1.52 bits per heavy atom. The van der Waals surface area contributed by atoms with E-state index in [0.29, 0.717) is 16.5 Å². The number of para-hydroxylation sites is 2. The van der Waals surface area contributed by atoms with Gasteiger partial charge in [-0.3, -0.25) is 9.59 Å². The molecule has 0 aromatic heterocycles. The van der Waals surface area contributed by atoms with Crippen molar-refractivity contribution in [2.24, 2.45) is 0 Å². The molecule has 0 saturated heterocycles. The highest BCUT2D eigenvalue weighted by Crippen LogP contribution is 2.38. The Morgan fingerprint density at radius 3 is 2.26 bits per heavy atom. The largest absolute Gasteiger partial charge is 0.506 e. The molecule has 3 aromatic carbocycles. The molecule has 0 spiro atoms. The summed E-state index contributed by atoms with van der Waals surface area (Å²) >= 11 is 3.45. The van der Waals surface area contributed by atoms with Crippen LogP contribution in [0.15, 0.2) is 59.1 Å². The summed E-state index contributed by atoms with van der Waals surface area (Å²) < 4.78 is 0.828. The van der Waals surface area contributed by atoms with Crippen molar-refractivity contribution >= 4 is 44.2 Å². The maximum Gasteiger partial charge on any atom is 0.266 e. The monoisotopic (exact) mass is 367 g/mol. The molecule has 1 aliphatic rings. The number of nitrogens with zero attached hydrogens (tertiary/aromatic N) is 1. The van der Waals surface area contributed by atoms with E-state index in [1.807, 2.05) is 6.07 Å². The van der Waals surface area contributed by atoms with Crippen LogP contribution in [-0.2, 0) is 0 Å². The van der Waals surface area contributed by atoms with Gasteiger partial charge in [-0.2, -0.15) is 0 Å². The van der Waals surface area contributed by atoms with Gasteiger partial charge in [0.25, 0.3) is 11.8 Å². The molecule has 5 heteroatoms. The van der Waals surface area contributed by atoms with E-state index < -0.39 is 11.8 Å². The smallest absolute Gasteiger partial charge is 0.266 e. The molecule has 0 fully saturated rings. The molecule has 112 valence electrons. The quantitative estimate of drug-likeness (QED) is 0.658. The molecule has 2 amide bonds. The van der Waals surface area contributed by atoms with Crippen molar-refractivity contribution < 1.29 is 14.7 Å². The van der Waals surface area contributed by atoms with Crippen LogP contribution in [-0.4, -0.2) is 16.9 Å². The lowest BCUT2D eigenvalue weighted by atomic mass is 9.93. The maximum atomic E-state index is 12.9. The highest BCUT2D eigenvalue weighted by Gasteiger charge is 2.35. The first-order chi connectivity index (χ1) is 11.1. The van der Waals surface area contributed by atoms with Crippen molar-refractivity contribution in [1.29, 1.82) is 0 Å². The number of benzene rings is 3. The van der Waals surface area contributed by atoms with E-state index in [0.717, 1.165) is 14.8 Å². The third-order valence-electron chi connectivity index (χ3n) is 3.98. The number of imide groups is 1. The van der Waals surface area contributed by atoms with Crippen LogP contribution in [0.3, 0.4) is 0 Å². The molecule has 1 N–H and O–H groups in total. The van der Waals surface area contributed by atoms with Gasteiger partial charge in [-0.1, -0.05) is 40.2 Å². The average Bonchev–Trinajstić information content (AvgIpc) is 2.56. The Morgan fingerprint density at radius 1 is 0.826 bits per heavy atom. The topological polar surface area (TPSA) is 57.6 Å². The lowest BCUT2D eigenvalue weighted by Gasteiger charge is -2.27. The Labute approximate surface area is 140 Å². The zero-order chi connectivity index (χ0) is 16.1. The van der Waals surface area contributed by atoms with E-state index in [2.05, 4.69) is 15.9 Å². The molecular weight excluding hydrogens is 358 g/mol. The van der Waals surface area contributed by atoms with Crippen LogP contribution in [0.25, 0.3) is 10.8 Å². The summed E-state index contributed by atoms with van der Waals surface area (Å²) in [6, 6.07) is 15.1. The van der Waals surface area contributed by atoms with Crippen molar-refractivity contribution in [3.8, 4) is 5.75 Å². The predicted octanol–water partition coefficient (Wildman–Crippen LogP) is 4.11. The van der Waals surface area contributed by atoms with E-state index in [9.17, 15) is 14.7 Å².